The van der Waals surface area contributed by atoms with E-state index in [-0.39, 0.29) is 0 Å². The maximum atomic E-state index is 11.6. The third kappa shape index (κ3) is 4.06. The molecule has 0 unspecified atom stereocenters. The minimum absolute atomic E-state index is 0.404. The first kappa shape index (κ1) is 15.5. The average molecular weight is 324 g/mol. The van der Waals surface area contributed by atoms with Gasteiger partial charge in [0.15, 0.2) is 6.61 Å². The standard InChI is InChI=1S/C13H10ClN3O5/c14-7-1-3-8(4-2-7)16-10(18)6-22-12(20)9-5-15-13(21)17-11(9)19/h1-5H,6H2,(H,16,18)(H2,15,17,19,21). The molecule has 0 fully saturated rings. The molecule has 9 heteroatoms. The van der Waals surface area contributed by atoms with Crippen LogP contribution in [-0.2, 0) is 9.53 Å². The van der Waals surface area contributed by atoms with E-state index < -0.39 is 35.3 Å². The van der Waals surface area contributed by atoms with Gasteiger partial charge in [0, 0.05) is 16.9 Å². The number of H-pyrrole nitrogens is 2. The van der Waals surface area contributed by atoms with Crippen LogP contribution in [0.3, 0.4) is 0 Å². The summed E-state index contributed by atoms with van der Waals surface area (Å²) in [7, 11) is 0. The first-order chi connectivity index (χ1) is 10.5. The highest BCUT2D eigenvalue weighted by Gasteiger charge is 2.14. The fourth-order valence-corrected chi connectivity index (χ4v) is 1.63. The van der Waals surface area contributed by atoms with Crippen molar-refractivity contribution in [2.24, 2.45) is 0 Å². The molecular formula is C13H10ClN3O5. The number of carbonyl (C=O) groups excluding carboxylic acids is 2. The third-order valence-electron chi connectivity index (χ3n) is 2.50. The summed E-state index contributed by atoms with van der Waals surface area (Å²) in [6, 6.07) is 6.33. The van der Waals surface area contributed by atoms with Crippen molar-refractivity contribution in [1.29, 1.82) is 0 Å². The monoisotopic (exact) mass is 323 g/mol. The molecule has 0 aliphatic rings. The van der Waals surface area contributed by atoms with Crippen LogP contribution in [0, 0.1) is 0 Å². The van der Waals surface area contributed by atoms with Crippen LogP contribution < -0.4 is 16.6 Å². The SMILES string of the molecule is O=C(COC(=O)c1c[nH]c(=O)[nH]c1=O)Nc1ccc(Cl)cc1. The largest absolute Gasteiger partial charge is 0.452 e. The Hall–Kier alpha value is -2.87. The fourth-order valence-electron chi connectivity index (χ4n) is 1.50. The fraction of sp³-hybridized carbons (Fsp3) is 0.0769. The van der Waals surface area contributed by atoms with Crippen molar-refractivity contribution in [3.63, 3.8) is 0 Å². The zero-order valence-electron chi connectivity index (χ0n) is 11.0. The van der Waals surface area contributed by atoms with Crippen LogP contribution in [0.25, 0.3) is 0 Å². The Balaban J connectivity index is 1.93. The van der Waals surface area contributed by atoms with E-state index >= 15 is 0 Å². The van der Waals surface area contributed by atoms with E-state index in [1.807, 2.05) is 4.98 Å². The van der Waals surface area contributed by atoms with E-state index in [0.717, 1.165) is 6.20 Å². The summed E-state index contributed by atoms with van der Waals surface area (Å²) in [6.45, 7) is -0.583. The predicted molar refractivity (Wildman–Crippen MR) is 78.0 cm³/mol. The van der Waals surface area contributed by atoms with E-state index in [9.17, 15) is 19.2 Å². The molecule has 2 rings (SSSR count). The summed E-state index contributed by atoms with van der Waals surface area (Å²) in [5.41, 5.74) is -1.57. The Morgan fingerprint density at radius 1 is 1.18 bits per heavy atom. The second kappa shape index (κ2) is 6.72. The van der Waals surface area contributed by atoms with E-state index in [0.29, 0.717) is 10.7 Å². The maximum Gasteiger partial charge on any atom is 0.345 e. The lowest BCUT2D eigenvalue weighted by Crippen LogP contribution is -2.29. The van der Waals surface area contributed by atoms with Gasteiger partial charge in [-0.1, -0.05) is 11.6 Å². The Kier molecular flexibility index (Phi) is 4.74. The molecule has 1 heterocycles. The van der Waals surface area contributed by atoms with Crippen LogP contribution in [-0.4, -0.2) is 28.5 Å². The molecule has 0 bridgehead atoms. The average Bonchev–Trinajstić information content (AvgIpc) is 2.47. The summed E-state index contributed by atoms with van der Waals surface area (Å²) in [6.07, 6.45) is 0.917. The van der Waals surface area contributed by atoms with Gasteiger partial charge in [-0.05, 0) is 24.3 Å². The number of ether oxygens (including phenoxy) is 1. The van der Waals surface area contributed by atoms with Gasteiger partial charge in [-0.2, -0.15) is 0 Å². The van der Waals surface area contributed by atoms with Crippen LogP contribution >= 0.6 is 11.6 Å². The van der Waals surface area contributed by atoms with E-state index in [4.69, 9.17) is 11.6 Å². The molecule has 1 amide bonds. The number of aromatic nitrogens is 2. The lowest BCUT2D eigenvalue weighted by molar-refractivity contribution is -0.119. The van der Waals surface area contributed by atoms with E-state index in [1.54, 1.807) is 24.3 Å². The zero-order chi connectivity index (χ0) is 16.1. The summed E-state index contributed by atoms with van der Waals surface area (Å²) in [4.78, 5) is 49.4. The number of anilines is 1. The lowest BCUT2D eigenvalue weighted by Gasteiger charge is -2.06. The van der Waals surface area contributed by atoms with Crippen molar-refractivity contribution < 1.29 is 14.3 Å². The van der Waals surface area contributed by atoms with Gasteiger partial charge in [-0.3, -0.25) is 14.6 Å². The Morgan fingerprint density at radius 3 is 2.50 bits per heavy atom. The first-order valence-electron chi connectivity index (χ1n) is 6.00. The van der Waals surface area contributed by atoms with Gasteiger partial charge in [0.1, 0.15) is 5.56 Å². The van der Waals surface area contributed by atoms with Gasteiger partial charge in [0.05, 0.1) is 0 Å². The summed E-state index contributed by atoms with van der Waals surface area (Å²) in [5.74, 6) is -1.61. The summed E-state index contributed by atoms with van der Waals surface area (Å²) < 4.78 is 4.69. The number of nitrogens with one attached hydrogen (secondary N) is 3. The van der Waals surface area contributed by atoms with Crippen LogP contribution in [0.2, 0.25) is 5.02 Å². The zero-order valence-corrected chi connectivity index (χ0v) is 11.8. The first-order valence-corrected chi connectivity index (χ1v) is 6.38. The Labute approximate surface area is 128 Å². The van der Waals surface area contributed by atoms with E-state index in [2.05, 4.69) is 15.0 Å². The number of amides is 1. The Bertz CT molecular complexity index is 809. The molecule has 0 aliphatic heterocycles. The van der Waals surface area contributed by atoms with Crippen LogP contribution in [0.15, 0.2) is 40.1 Å². The summed E-state index contributed by atoms with van der Waals surface area (Å²) >= 11 is 5.70. The molecule has 8 nitrogen and oxygen atoms in total. The van der Waals surface area contributed by atoms with Crippen molar-refractivity contribution in [1.82, 2.24) is 9.97 Å². The normalized spacial score (nSPS) is 10.0. The van der Waals surface area contributed by atoms with E-state index in [1.165, 1.54) is 0 Å². The van der Waals surface area contributed by atoms with Crippen molar-refractivity contribution in [3.05, 3.63) is 61.9 Å². The van der Waals surface area contributed by atoms with Crippen LogP contribution in [0.1, 0.15) is 10.4 Å². The Morgan fingerprint density at radius 2 is 1.86 bits per heavy atom. The molecule has 0 saturated carbocycles. The molecule has 0 saturated heterocycles. The molecule has 0 radical (unpaired) electrons. The molecule has 0 atom stereocenters. The smallest absolute Gasteiger partial charge is 0.345 e. The third-order valence-corrected chi connectivity index (χ3v) is 2.75. The topological polar surface area (TPSA) is 121 Å². The van der Waals surface area contributed by atoms with Crippen molar-refractivity contribution >= 4 is 29.2 Å². The second-order valence-electron chi connectivity index (χ2n) is 4.12. The number of halogens is 1. The highest BCUT2D eigenvalue weighted by molar-refractivity contribution is 6.30. The number of aromatic amines is 2. The van der Waals surface area contributed by atoms with Gasteiger partial charge in [0.25, 0.3) is 11.5 Å². The molecular weight excluding hydrogens is 314 g/mol. The predicted octanol–water partition coefficient (Wildman–Crippen LogP) is 0.512. The van der Waals surface area contributed by atoms with Gasteiger partial charge < -0.3 is 15.0 Å². The van der Waals surface area contributed by atoms with Crippen molar-refractivity contribution in [2.75, 3.05) is 11.9 Å². The minimum Gasteiger partial charge on any atom is -0.452 e. The number of benzene rings is 1. The molecule has 114 valence electrons. The molecule has 22 heavy (non-hydrogen) atoms. The molecule has 0 aliphatic carbocycles. The van der Waals surface area contributed by atoms with Crippen LogP contribution in [0.5, 0.6) is 0 Å². The number of hydrogen-bond donors (Lipinski definition) is 3. The molecule has 1 aromatic heterocycles. The molecule has 3 N–H and O–H groups in total. The quantitative estimate of drug-likeness (QED) is 0.708. The van der Waals surface area contributed by atoms with Crippen molar-refractivity contribution in [3.8, 4) is 0 Å². The van der Waals surface area contributed by atoms with Gasteiger partial charge >= 0.3 is 11.7 Å². The minimum atomic E-state index is -1.02. The number of esters is 1. The lowest BCUT2D eigenvalue weighted by atomic mass is 10.3. The maximum absolute atomic E-state index is 11.6. The van der Waals surface area contributed by atoms with Gasteiger partial charge in [-0.25, -0.2) is 9.59 Å². The summed E-state index contributed by atoms with van der Waals surface area (Å²) in [5, 5.41) is 3.00. The van der Waals surface area contributed by atoms with Crippen molar-refractivity contribution in [2.45, 2.75) is 0 Å². The molecule has 2 aromatic rings. The molecule has 0 spiro atoms. The number of hydrogen-bond acceptors (Lipinski definition) is 5. The molecule has 1 aromatic carbocycles. The highest BCUT2D eigenvalue weighted by Crippen LogP contribution is 2.13. The van der Waals surface area contributed by atoms with Crippen LogP contribution in [0.4, 0.5) is 5.69 Å². The van der Waals surface area contributed by atoms with Gasteiger partial charge in [-0.15, -0.1) is 0 Å². The second-order valence-corrected chi connectivity index (χ2v) is 4.55. The number of carbonyl (C=O) groups is 2. The highest BCUT2D eigenvalue weighted by atomic mass is 35.5. The van der Waals surface area contributed by atoms with Gasteiger partial charge in [0.2, 0.25) is 0 Å². The number of rotatable bonds is 4.